The summed E-state index contributed by atoms with van der Waals surface area (Å²) in [5.41, 5.74) is 1.42. The van der Waals surface area contributed by atoms with E-state index >= 15 is 0 Å². The second-order valence-corrected chi connectivity index (χ2v) is 10.1. The van der Waals surface area contributed by atoms with Crippen LogP contribution in [-0.2, 0) is 25.9 Å². The molecule has 0 aliphatic carbocycles. The number of carbonyl (C=O) groups excluding carboxylic acids is 1. The second kappa shape index (κ2) is 7.81. The highest BCUT2D eigenvalue weighted by atomic mass is 35.5. The van der Waals surface area contributed by atoms with E-state index in [2.05, 4.69) is 10.2 Å². The van der Waals surface area contributed by atoms with Gasteiger partial charge in [-0.25, -0.2) is 0 Å². The van der Waals surface area contributed by atoms with Gasteiger partial charge < -0.3 is 9.87 Å². The number of halogens is 1. The van der Waals surface area contributed by atoms with Crippen LogP contribution in [0.5, 0.6) is 0 Å². The van der Waals surface area contributed by atoms with Gasteiger partial charge >= 0.3 is 0 Å². The number of nitrogens with zero attached hydrogens (tertiary/aromatic N) is 2. The molecule has 1 atom stereocenters. The van der Waals surface area contributed by atoms with Crippen molar-refractivity contribution >= 4 is 27.9 Å². The zero-order chi connectivity index (χ0) is 20.6. The number of benzene rings is 2. The molecule has 1 amide bonds. The molecule has 2 aromatic rings. The van der Waals surface area contributed by atoms with Crippen LogP contribution in [0.25, 0.3) is 0 Å². The Morgan fingerprint density at radius 1 is 1.10 bits per heavy atom. The molecule has 154 valence electrons. The average Bonchev–Trinajstić information content (AvgIpc) is 3.00. The number of rotatable bonds is 4. The van der Waals surface area contributed by atoms with Gasteiger partial charge in [-0.3, -0.25) is 9.69 Å². The zero-order valence-electron chi connectivity index (χ0n) is 16.3. The molecule has 0 radical (unpaired) electrons. The van der Waals surface area contributed by atoms with Gasteiger partial charge in [0.2, 0.25) is 5.91 Å². The largest absolute Gasteiger partial charge is 0.593 e. The summed E-state index contributed by atoms with van der Waals surface area (Å²) >= 11 is 5.97. The van der Waals surface area contributed by atoms with Gasteiger partial charge in [0.1, 0.15) is 5.54 Å². The highest BCUT2D eigenvalue weighted by Crippen LogP contribution is 2.36. The molecule has 29 heavy (non-hydrogen) atoms. The Kier molecular flexibility index (Phi) is 5.52. The third-order valence-electron chi connectivity index (χ3n) is 5.95. The Bertz CT molecular complexity index is 941. The molecule has 8 heteroatoms. The van der Waals surface area contributed by atoms with Crippen molar-refractivity contribution in [3.63, 3.8) is 0 Å². The van der Waals surface area contributed by atoms with Crippen LogP contribution in [0.2, 0.25) is 5.02 Å². The third kappa shape index (κ3) is 3.85. The van der Waals surface area contributed by atoms with Gasteiger partial charge in [0.15, 0.2) is 15.3 Å². The van der Waals surface area contributed by atoms with E-state index in [0.717, 1.165) is 11.1 Å². The van der Waals surface area contributed by atoms with Crippen molar-refractivity contribution < 1.29 is 13.6 Å². The predicted molar refractivity (Wildman–Crippen MR) is 112 cm³/mol. The number of amides is 1. The van der Waals surface area contributed by atoms with Gasteiger partial charge in [-0.05, 0) is 49.6 Å². The molecule has 2 aliphatic rings. The van der Waals surface area contributed by atoms with E-state index in [0.29, 0.717) is 49.1 Å². The highest BCUT2D eigenvalue weighted by Gasteiger charge is 2.52. The molecule has 6 nitrogen and oxygen atoms in total. The number of sulfonamides is 1. The summed E-state index contributed by atoms with van der Waals surface area (Å²) in [6.45, 7) is 3.64. The Hall–Kier alpha value is -1.77. The second-order valence-electron chi connectivity index (χ2n) is 7.74. The first-order valence-electron chi connectivity index (χ1n) is 9.66. The van der Waals surface area contributed by atoms with E-state index in [1.807, 2.05) is 31.2 Å². The topological polar surface area (TPSA) is 75.7 Å². The summed E-state index contributed by atoms with van der Waals surface area (Å²) in [7, 11) is -3.56. The van der Waals surface area contributed by atoms with Crippen molar-refractivity contribution in [1.82, 2.24) is 14.5 Å². The Balaban J connectivity index is 1.50. The van der Waals surface area contributed by atoms with Gasteiger partial charge in [-0.1, -0.05) is 45.6 Å². The van der Waals surface area contributed by atoms with Crippen molar-refractivity contribution in [2.45, 2.75) is 36.7 Å². The minimum absolute atomic E-state index is 0.0150. The van der Waals surface area contributed by atoms with Gasteiger partial charge in [-0.15, -0.1) is 4.31 Å². The van der Waals surface area contributed by atoms with E-state index in [9.17, 15) is 13.6 Å². The van der Waals surface area contributed by atoms with Crippen LogP contribution in [0.15, 0.2) is 53.4 Å². The minimum atomic E-state index is -3.56. The summed E-state index contributed by atoms with van der Waals surface area (Å²) in [6, 6.07) is 14.5. The van der Waals surface area contributed by atoms with Gasteiger partial charge in [0.05, 0.1) is 6.67 Å². The van der Waals surface area contributed by atoms with E-state index in [4.69, 9.17) is 11.6 Å². The quantitative estimate of drug-likeness (QED) is 0.752. The van der Waals surface area contributed by atoms with Crippen molar-refractivity contribution in [2.24, 2.45) is 0 Å². The first kappa shape index (κ1) is 20.5. The number of nitrogens with one attached hydrogen (secondary N) is 1. The van der Waals surface area contributed by atoms with E-state index < -0.39 is 15.9 Å². The molecule has 0 saturated carbocycles. The lowest BCUT2D eigenvalue weighted by molar-refractivity contribution is -0.128. The van der Waals surface area contributed by atoms with E-state index in [-0.39, 0.29) is 5.91 Å². The molecular formula is C21H24ClN3O3S. The predicted octanol–water partition coefficient (Wildman–Crippen LogP) is 2.98. The molecule has 1 unspecified atom stereocenters. The molecule has 2 heterocycles. The van der Waals surface area contributed by atoms with Crippen LogP contribution in [0, 0.1) is 6.92 Å². The van der Waals surface area contributed by atoms with Crippen LogP contribution in [0.4, 0.5) is 0 Å². The number of hydrogen-bond donors (Lipinski definition) is 1. The Morgan fingerprint density at radius 2 is 1.72 bits per heavy atom. The van der Waals surface area contributed by atoms with Crippen LogP contribution in [0.3, 0.4) is 0 Å². The third-order valence-corrected chi connectivity index (χ3v) is 8.12. The fourth-order valence-corrected chi connectivity index (χ4v) is 5.71. The molecule has 4 rings (SSSR count). The van der Waals surface area contributed by atoms with Gasteiger partial charge in [-0.2, -0.15) is 0 Å². The normalized spacial score (nSPS) is 21.8. The number of carbonyl (C=O) groups is 1. The first-order valence-corrected chi connectivity index (χ1v) is 11.5. The maximum atomic E-state index is 13.0. The lowest BCUT2D eigenvalue weighted by Gasteiger charge is -2.42. The van der Waals surface area contributed by atoms with E-state index in [1.54, 1.807) is 24.3 Å². The lowest BCUT2D eigenvalue weighted by Crippen LogP contribution is -2.57. The molecule has 0 bridgehead atoms. The number of piperidine rings is 1. The van der Waals surface area contributed by atoms with Crippen LogP contribution in [0.1, 0.15) is 24.0 Å². The maximum absolute atomic E-state index is 13.0. The van der Waals surface area contributed by atoms with Gasteiger partial charge in [0.25, 0.3) is 0 Å². The smallest absolute Gasteiger partial charge is 0.241 e. The molecule has 1 spiro atoms. The fourth-order valence-electron chi connectivity index (χ4n) is 4.14. The molecule has 2 aromatic carbocycles. The molecule has 2 fully saturated rings. The van der Waals surface area contributed by atoms with Crippen LogP contribution < -0.4 is 5.32 Å². The lowest BCUT2D eigenvalue weighted by atomic mass is 9.86. The SMILES string of the molecule is Cc1ccc([S+](=O)([O-])N2CCC3(CC2)C(=O)NCN3Cc2ccc(Cl)cc2)cc1. The number of hydrogen-bond acceptors (Lipinski definition) is 4. The van der Waals surface area contributed by atoms with Crippen molar-refractivity contribution in [3.05, 3.63) is 64.7 Å². The molecule has 2 aliphatic heterocycles. The molecular weight excluding hydrogens is 410 g/mol. The summed E-state index contributed by atoms with van der Waals surface area (Å²) in [5.74, 6) is -0.0150. The summed E-state index contributed by atoms with van der Waals surface area (Å²) < 4.78 is 27.5. The molecule has 0 aromatic heterocycles. The average molecular weight is 434 g/mol. The monoisotopic (exact) mass is 433 g/mol. The maximum Gasteiger partial charge on any atom is 0.241 e. The molecule has 1 N–H and O–H groups in total. The van der Waals surface area contributed by atoms with Crippen molar-refractivity contribution in [3.8, 4) is 0 Å². The van der Waals surface area contributed by atoms with Crippen LogP contribution >= 0.6 is 11.6 Å². The summed E-state index contributed by atoms with van der Waals surface area (Å²) in [4.78, 5) is 15.1. The minimum Gasteiger partial charge on any atom is -0.593 e. The highest BCUT2D eigenvalue weighted by molar-refractivity contribution is 7.95. The van der Waals surface area contributed by atoms with Gasteiger partial charge in [0, 0.05) is 24.7 Å². The Labute approximate surface area is 177 Å². The fraction of sp³-hybridized carbons (Fsp3) is 0.381. The van der Waals surface area contributed by atoms with Crippen LogP contribution in [-0.4, -0.2) is 45.0 Å². The summed E-state index contributed by atoms with van der Waals surface area (Å²) in [5, 5.41) is 3.62. The van der Waals surface area contributed by atoms with Crippen molar-refractivity contribution in [2.75, 3.05) is 19.8 Å². The molecule has 2 saturated heterocycles. The summed E-state index contributed by atoms with van der Waals surface area (Å²) in [6.07, 6.45) is 0.940. The number of aryl methyl sites for hydroxylation is 1. The first-order chi connectivity index (χ1) is 13.8. The standard InChI is InChI=1S/C21H24ClN3O3S/c1-16-2-8-19(9-3-16)29(27,28)25-12-10-21(11-13-25)20(26)23-15-24(21)14-17-4-6-18(22)7-5-17/h2-9H,10-15H2,1H3,(H-,23,26,27,28). The van der Waals surface area contributed by atoms with E-state index in [1.165, 1.54) is 4.31 Å². The Morgan fingerprint density at radius 3 is 2.34 bits per heavy atom. The zero-order valence-corrected chi connectivity index (χ0v) is 17.8. The van der Waals surface area contributed by atoms with Crippen molar-refractivity contribution in [1.29, 1.82) is 0 Å².